The van der Waals surface area contributed by atoms with Crippen LogP contribution in [-0.4, -0.2) is 23.2 Å². The van der Waals surface area contributed by atoms with Crippen LogP contribution in [0.15, 0.2) is 65.7 Å². The minimum Gasteiger partial charge on any atom is -0.475 e. The summed E-state index contributed by atoms with van der Waals surface area (Å²) in [5.74, 6) is -2.25. The van der Waals surface area contributed by atoms with Gasteiger partial charge in [-0.05, 0) is 11.1 Å². The lowest BCUT2D eigenvalue weighted by molar-refractivity contribution is -0.192. The molecule has 132 valence electrons. The van der Waals surface area contributed by atoms with Crippen LogP contribution in [0.25, 0.3) is 0 Å². The van der Waals surface area contributed by atoms with Crippen molar-refractivity contribution in [2.24, 2.45) is 10.7 Å². The molecule has 0 amide bonds. The minimum absolute atomic E-state index is 0.0496. The summed E-state index contributed by atoms with van der Waals surface area (Å²) in [6, 6.07) is 20.7. The predicted octanol–water partition coefficient (Wildman–Crippen LogP) is 3.02. The van der Waals surface area contributed by atoms with Crippen LogP contribution in [0.4, 0.5) is 13.2 Å². The van der Waals surface area contributed by atoms with Gasteiger partial charge in [-0.2, -0.15) is 13.2 Å². The van der Waals surface area contributed by atoms with Crippen molar-refractivity contribution in [2.75, 3.05) is 0 Å². The molecule has 0 aromatic heterocycles. The summed E-state index contributed by atoms with van der Waals surface area (Å²) in [6.45, 7) is 0. The van der Waals surface area contributed by atoms with Gasteiger partial charge >= 0.3 is 12.1 Å². The van der Waals surface area contributed by atoms with Crippen LogP contribution in [-0.2, 0) is 4.79 Å². The summed E-state index contributed by atoms with van der Waals surface area (Å²) in [4.78, 5) is 13.4. The van der Waals surface area contributed by atoms with Crippen molar-refractivity contribution >= 4 is 11.9 Å². The fourth-order valence-corrected chi connectivity index (χ4v) is 2.34. The quantitative estimate of drug-likeness (QED) is 0.776. The third kappa shape index (κ3) is 4.97. The van der Waals surface area contributed by atoms with E-state index >= 15 is 0 Å². The van der Waals surface area contributed by atoms with Crippen LogP contribution in [0.3, 0.4) is 0 Å². The fraction of sp³-hybridized carbons (Fsp3) is 0.176. The van der Waals surface area contributed by atoms with E-state index in [1.54, 1.807) is 0 Å². The Kier molecular flexibility index (Phi) is 5.63. The Balaban J connectivity index is 0.000000277. The van der Waals surface area contributed by atoms with Gasteiger partial charge in [-0.1, -0.05) is 60.7 Å². The van der Waals surface area contributed by atoms with Crippen molar-refractivity contribution in [1.82, 2.24) is 5.32 Å². The molecule has 2 atom stereocenters. The molecular weight excluding hydrogens is 335 g/mol. The Morgan fingerprint density at radius 2 is 1.44 bits per heavy atom. The average Bonchev–Trinajstić information content (AvgIpc) is 2.98. The third-order valence-corrected chi connectivity index (χ3v) is 3.44. The number of carbonyl (C=O) groups is 1. The van der Waals surface area contributed by atoms with Crippen LogP contribution in [0, 0.1) is 0 Å². The van der Waals surface area contributed by atoms with Gasteiger partial charge in [0.25, 0.3) is 0 Å². The maximum absolute atomic E-state index is 10.6. The van der Waals surface area contributed by atoms with Crippen LogP contribution in [0.5, 0.6) is 0 Å². The summed E-state index contributed by atoms with van der Waals surface area (Å²) in [5, 5.41) is 10.4. The molecule has 1 heterocycles. The predicted molar refractivity (Wildman–Crippen MR) is 86.8 cm³/mol. The number of carboxylic acid groups (broad SMARTS) is 1. The number of aliphatic carboxylic acids is 1. The number of nitrogens with zero attached hydrogens (tertiary/aromatic N) is 1. The smallest absolute Gasteiger partial charge is 0.475 e. The van der Waals surface area contributed by atoms with Crippen molar-refractivity contribution < 1.29 is 23.1 Å². The van der Waals surface area contributed by atoms with Crippen molar-refractivity contribution in [3.8, 4) is 0 Å². The van der Waals surface area contributed by atoms with E-state index in [0.717, 1.165) is 0 Å². The number of rotatable bonds is 2. The van der Waals surface area contributed by atoms with Gasteiger partial charge in [0, 0.05) is 0 Å². The highest BCUT2D eigenvalue weighted by atomic mass is 19.4. The number of nitrogens with one attached hydrogen (secondary N) is 1. The highest BCUT2D eigenvalue weighted by Gasteiger charge is 2.38. The zero-order valence-electron chi connectivity index (χ0n) is 12.9. The number of guanidine groups is 1. The second-order valence-corrected chi connectivity index (χ2v) is 5.21. The fourth-order valence-electron chi connectivity index (χ4n) is 2.34. The molecule has 0 saturated heterocycles. The van der Waals surface area contributed by atoms with Crippen molar-refractivity contribution in [1.29, 1.82) is 0 Å². The molecule has 4 N–H and O–H groups in total. The zero-order valence-corrected chi connectivity index (χ0v) is 12.9. The lowest BCUT2D eigenvalue weighted by Gasteiger charge is -2.19. The van der Waals surface area contributed by atoms with E-state index in [0.29, 0.717) is 5.96 Å². The molecule has 1 aliphatic heterocycles. The molecule has 1 aliphatic rings. The molecular formula is C17H16F3N3O2. The standard InChI is InChI=1S/C15H15N3.C2HF3O2/c16-15-17-13(11-7-3-1-4-8-11)14(18-15)12-9-5-2-6-10-12;3-2(4,5)1(6)7/h1-10,13-14H,(H3,16,17,18);(H,6,7)/t13-,14-;/m1./s1. The maximum atomic E-state index is 10.6. The molecule has 5 nitrogen and oxygen atoms in total. The molecule has 0 bridgehead atoms. The number of nitrogens with two attached hydrogens (primary N) is 1. The normalized spacial score (nSPS) is 19.2. The second-order valence-electron chi connectivity index (χ2n) is 5.21. The first kappa shape index (κ1) is 18.3. The number of carboxylic acids is 1. The molecule has 2 aromatic rings. The summed E-state index contributed by atoms with van der Waals surface area (Å²) < 4.78 is 31.7. The second kappa shape index (κ2) is 7.69. The van der Waals surface area contributed by atoms with Crippen LogP contribution in [0.2, 0.25) is 0 Å². The van der Waals surface area contributed by atoms with Crippen molar-refractivity contribution in [3.63, 3.8) is 0 Å². The molecule has 8 heteroatoms. The topological polar surface area (TPSA) is 87.7 Å². The Labute approximate surface area is 142 Å². The van der Waals surface area contributed by atoms with E-state index in [1.807, 2.05) is 36.4 Å². The molecule has 0 fully saturated rings. The minimum atomic E-state index is -5.08. The number of hydrogen-bond acceptors (Lipinski definition) is 4. The monoisotopic (exact) mass is 351 g/mol. The molecule has 0 unspecified atom stereocenters. The highest BCUT2D eigenvalue weighted by molar-refractivity contribution is 5.81. The average molecular weight is 351 g/mol. The van der Waals surface area contributed by atoms with Crippen molar-refractivity contribution in [2.45, 2.75) is 18.3 Å². The van der Waals surface area contributed by atoms with E-state index < -0.39 is 12.1 Å². The van der Waals surface area contributed by atoms with Crippen LogP contribution >= 0.6 is 0 Å². The first-order valence-electron chi connectivity index (χ1n) is 7.29. The Morgan fingerprint density at radius 3 is 1.88 bits per heavy atom. The molecule has 0 aliphatic carbocycles. The molecule has 0 saturated carbocycles. The SMILES string of the molecule is NC1=N[C@H](c2ccccc2)[C@@H](c2ccccc2)N1.O=C(O)C(F)(F)F. The van der Waals surface area contributed by atoms with Gasteiger partial charge in [0.15, 0.2) is 5.96 Å². The lowest BCUT2D eigenvalue weighted by atomic mass is 9.95. The van der Waals surface area contributed by atoms with Gasteiger partial charge in [-0.25, -0.2) is 9.79 Å². The van der Waals surface area contributed by atoms with Gasteiger partial charge in [0.05, 0.1) is 6.04 Å². The molecule has 25 heavy (non-hydrogen) atoms. The lowest BCUT2D eigenvalue weighted by Crippen LogP contribution is -2.30. The van der Waals surface area contributed by atoms with Crippen LogP contribution in [0.1, 0.15) is 23.2 Å². The molecule has 2 aromatic carbocycles. The van der Waals surface area contributed by atoms with Gasteiger partial charge in [-0.3, -0.25) is 0 Å². The Morgan fingerprint density at radius 1 is 1.00 bits per heavy atom. The summed E-state index contributed by atoms with van der Waals surface area (Å²) in [6.07, 6.45) is -5.08. The van der Waals surface area contributed by atoms with E-state index in [2.05, 4.69) is 34.6 Å². The number of halogens is 3. The van der Waals surface area contributed by atoms with E-state index in [1.165, 1.54) is 11.1 Å². The Hall–Kier alpha value is -3.03. The largest absolute Gasteiger partial charge is 0.490 e. The molecule has 0 radical (unpaired) electrons. The van der Waals surface area contributed by atoms with E-state index in [-0.39, 0.29) is 12.1 Å². The Bertz CT molecular complexity index is 734. The molecule has 0 spiro atoms. The van der Waals surface area contributed by atoms with Gasteiger partial charge in [-0.15, -0.1) is 0 Å². The van der Waals surface area contributed by atoms with E-state index in [9.17, 15) is 13.2 Å². The number of alkyl halides is 3. The highest BCUT2D eigenvalue weighted by Crippen LogP contribution is 2.34. The van der Waals surface area contributed by atoms with Gasteiger partial charge in [0.2, 0.25) is 0 Å². The van der Waals surface area contributed by atoms with Crippen molar-refractivity contribution in [3.05, 3.63) is 71.8 Å². The first-order valence-corrected chi connectivity index (χ1v) is 7.29. The van der Waals surface area contributed by atoms with Gasteiger partial charge < -0.3 is 16.2 Å². The summed E-state index contributed by atoms with van der Waals surface area (Å²) in [5.41, 5.74) is 8.21. The summed E-state index contributed by atoms with van der Waals surface area (Å²) >= 11 is 0. The molecule has 3 rings (SSSR count). The number of hydrogen-bond donors (Lipinski definition) is 3. The van der Waals surface area contributed by atoms with E-state index in [4.69, 9.17) is 15.6 Å². The number of benzene rings is 2. The number of aliphatic imine (C=N–C) groups is 1. The van der Waals surface area contributed by atoms with Gasteiger partial charge in [0.1, 0.15) is 6.04 Å². The zero-order chi connectivity index (χ0) is 18.4. The summed E-state index contributed by atoms with van der Waals surface area (Å²) in [7, 11) is 0. The van der Waals surface area contributed by atoms with Crippen LogP contribution < -0.4 is 11.1 Å². The third-order valence-electron chi connectivity index (χ3n) is 3.44. The maximum Gasteiger partial charge on any atom is 0.490 e. The first-order chi connectivity index (χ1) is 11.8.